The minimum atomic E-state index is -0.154. The van der Waals surface area contributed by atoms with Crippen LogP contribution in [0, 0.1) is 11.3 Å². The molecule has 0 saturated heterocycles. The lowest BCUT2D eigenvalue weighted by molar-refractivity contribution is -0.113. The number of carbonyl (C=O) groups is 1. The van der Waals surface area contributed by atoms with E-state index in [0.717, 1.165) is 12.0 Å². The number of aryl methyl sites for hydroxylation is 1. The molecule has 2 N–H and O–H groups in total. The number of hydrogen-bond acceptors (Lipinski definition) is 5. The molecule has 6 nitrogen and oxygen atoms in total. The topological polar surface area (TPSA) is 94.5 Å². The van der Waals surface area contributed by atoms with Crippen LogP contribution in [0.3, 0.4) is 0 Å². The molecule has 26 heavy (non-hydrogen) atoms. The Bertz CT molecular complexity index is 926. The first-order chi connectivity index (χ1) is 12.7. The average molecular weight is 363 g/mol. The van der Waals surface area contributed by atoms with Crippen molar-refractivity contribution in [3.63, 3.8) is 0 Å². The van der Waals surface area contributed by atoms with Crippen LogP contribution in [0.4, 0.5) is 5.69 Å². The molecule has 7 heteroatoms. The van der Waals surface area contributed by atoms with Crippen molar-refractivity contribution in [3.05, 3.63) is 59.7 Å². The number of aromatic amines is 1. The molecule has 0 saturated carbocycles. The number of thioether (sulfide) groups is 1. The van der Waals surface area contributed by atoms with Crippen LogP contribution in [0.2, 0.25) is 0 Å². The fourth-order valence-electron chi connectivity index (χ4n) is 2.29. The number of nitrogens with zero attached hydrogens (tertiary/aromatic N) is 3. The third-order valence-corrected chi connectivity index (χ3v) is 4.58. The molecule has 0 unspecified atom stereocenters. The van der Waals surface area contributed by atoms with Crippen molar-refractivity contribution in [3.8, 4) is 17.5 Å². The average Bonchev–Trinajstić information content (AvgIpc) is 3.16. The normalized spacial score (nSPS) is 10.3. The van der Waals surface area contributed by atoms with Crippen LogP contribution >= 0.6 is 11.8 Å². The molecule has 0 fully saturated rings. The first-order valence-electron chi connectivity index (χ1n) is 8.12. The van der Waals surface area contributed by atoms with E-state index in [1.807, 2.05) is 18.2 Å². The van der Waals surface area contributed by atoms with E-state index < -0.39 is 0 Å². The van der Waals surface area contributed by atoms with Crippen molar-refractivity contribution < 1.29 is 4.79 Å². The fourth-order valence-corrected chi connectivity index (χ4v) is 2.89. The van der Waals surface area contributed by atoms with E-state index in [0.29, 0.717) is 22.2 Å². The summed E-state index contributed by atoms with van der Waals surface area (Å²) in [5.74, 6) is 0.729. The van der Waals surface area contributed by atoms with Gasteiger partial charge in [-0.2, -0.15) is 5.26 Å². The molecule has 1 aromatic heterocycles. The van der Waals surface area contributed by atoms with Crippen LogP contribution in [-0.4, -0.2) is 26.8 Å². The van der Waals surface area contributed by atoms with Gasteiger partial charge >= 0.3 is 0 Å². The summed E-state index contributed by atoms with van der Waals surface area (Å²) in [4.78, 5) is 16.4. The molecular formula is C19H17N5OS. The molecule has 0 radical (unpaired) electrons. The summed E-state index contributed by atoms with van der Waals surface area (Å²) in [5.41, 5.74) is 3.44. The van der Waals surface area contributed by atoms with Gasteiger partial charge in [0.25, 0.3) is 0 Å². The van der Waals surface area contributed by atoms with E-state index in [9.17, 15) is 4.79 Å². The van der Waals surface area contributed by atoms with Gasteiger partial charge < -0.3 is 5.32 Å². The Morgan fingerprint density at radius 2 is 1.92 bits per heavy atom. The van der Waals surface area contributed by atoms with E-state index in [-0.39, 0.29) is 11.7 Å². The molecule has 0 aliphatic heterocycles. The van der Waals surface area contributed by atoms with Crippen molar-refractivity contribution in [1.82, 2.24) is 15.2 Å². The quantitative estimate of drug-likeness (QED) is 0.652. The molecule has 3 rings (SSSR count). The van der Waals surface area contributed by atoms with Crippen LogP contribution in [0.15, 0.2) is 53.7 Å². The van der Waals surface area contributed by atoms with E-state index in [4.69, 9.17) is 5.26 Å². The predicted molar refractivity (Wildman–Crippen MR) is 102 cm³/mol. The standard InChI is InChI=1S/C19H17N5OS/c1-2-13-3-7-15(8-4-13)18-22-19(24-23-18)26-12-17(25)21-16-9-5-14(11-20)6-10-16/h3-10H,2,12H2,1H3,(H,21,25)(H,22,23,24). The zero-order valence-electron chi connectivity index (χ0n) is 14.2. The number of anilines is 1. The second kappa shape index (κ2) is 8.32. The highest BCUT2D eigenvalue weighted by Crippen LogP contribution is 2.20. The van der Waals surface area contributed by atoms with Gasteiger partial charge in [-0.25, -0.2) is 4.98 Å². The molecule has 1 heterocycles. The zero-order chi connectivity index (χ0) is 18.4. The summed E-state index contributed by atoms with van der Waals surface area (Å²) in [7, 11) is 0. The van der Waals surface area contributed by atoms with Gasteiger partial charge in [-0.15, -0.1) is 5.10 Å². The number of H-pyrrole nitrogens is 1. The van der Waals surface area contributed by atoms with Crippen LogP contribution in [0.1, 0.15) is 18.1 Å². The highest BCUT2D eigenvalue weighted by Gasteiger charge is 2.09. The van der Waals surface area contributed by atoms with Gasteiger partial charge in [-0.3, -0.25) is 9.89 Å². The van der Waals surface area contributed by atoms with Crippen molar-refractivity contribution in [2.75, 3.05) is 11.1 Å². The molecule has 3 aromatic rings. The lowest BCUT2D eigenvalue weighted by atomic mass is 10.1. The summed E-state index contributed by atoms with van der Waals surface area (Å²) in [6.45, 7) is 2.11. The predicted octanol–water partition coefficient (Wildman–Crippen LogP) is 3.64. The highest BCUT2D eigenvalue weighted by atomic mass is 32.2. The van der Waals surface area contributed by atoms with Crippen molar-refractivity contribution in [2.24, 2.45) is 0 Å². The Morgan fingerprint density at radius 3 is 2.58 bits per heavy atom. The minimum Gasteiger partial charge on any atom is -0.325 e. The summed E-state index contributed by atoms with van der Waals surface area (Å²) in [6, 6.07) is 16.9. The first kappa shape index (κ1) is 17.7. The molecule has 1 amide bonds. The molecule has 0 aliphatic rings. The lowest BCUT2D eigenvalue weighted by Gasteiger charge is -2.03. The molecule has 0 atom stereocenters. The minimum absolute atomic E-state index is 0.154. The summed E-state index contributed by atoms with van der Waals surface area (Å²) in [6.07, 6.45) is 0.992. The Morgan fingerprint density at radius 1 is 1.19 bits per heavy atom. The zero-order valence-corrected chi connectivity index (χ0v) is 15.0. The molecule has 130 valence electrons. The maximum absolute atomic E-state index is 12.0. The second-order valence-corrected chi connectivity index (χ2v) is 6.49. The third kappa shape index (κ3) is 4.49. The Kier molecular flexibility index (Phi) is 5.66. The number of benzene rings is 2. The van der Waals surface area contributed by atoms with Crippen molar-refractivity contribution in [1.29, 1.82) is 5.26 Å². The molecule has 2 aromatic carbocycles. The van der Waals surface area contributed by atoms with Gasteiger partial charge in [0.05, 0.1) is 17.4 Å². The van der Waals surface area contributed by atoms with E-state index >= 15 is 0 Å². The molecular weight excluding hydrogens is 346 g/mol. The van der Waals surface area contributed by atoms with Crippen LogP contribution in [-0.2, 0) is 11.2 Å². The van der Waals surface area contributed by atoms with Gasteiger partial charge in [0.15, 0.2) is 5.82 Å². The van der Waals surface area contributed by atoms with Crippen LogP contribution in [0.5, 0.6) is 0 Å². The number of hydrogen-bond donors (Lipinski definition) is 2. The van der Waals surface area contributed by atoms with Gasteiger partial charge in [-0.1, -0.05) is 43.0 Å². The number of nitriles is 1. The highest BCUT2D eigenvalue weighted by molar-refractivity contribution is 7.99. The Labute approximate surface area is 155 Å². The molecule has 0 spiro atoms. The number of amides is 1. The molecule has 0 aliphatic carbocycles. The first-order valence-corrected chi connectivity index (χ1v) is 9.11. The van der Waals surface area contributed by atoms with Gasteiger partial charge in [0.2, 0.25) is 11.1 Å². The second-order valence-electron chi connectivity index (χ2n) is 5.54. The van der Waals surface area contributed by atoms with E-state index in [2.05, 4.69) is 39.6 Å². The Balaban J connectivity index is 1.55. The SMILES string of the molecule is CCc1ccc(-c2nc(SCC(=O)Nc3ccc(C#N)cc3)n[nH]2)cc1. The van der Waals surface area contributed by atoms with Gasteiger partial charge in [0, 0.05) is 11.3 Å². The van der Waals surface area contributed by atoms with E-state index in [1.165, 1.54) is 17.3 Å². The monoisotopic (exact) mass is 363 g/mol. The summed E-state index contributed by atoms with van der Waals surface area (Å²) < 4.78 is 0. The number of nitrogens with one attached hydrogen (secondary N) is 2. The number of carbonyl (C=O) groups excluding carboxylic acids is 1. The van der Waals surface area contributed by atoms with Crippen LogP contribution in [0.25, 0.3) is 11.4 Å². The Hall–Kier alpha value is -3.11. The smallest absolute Gasteiger partial charge is 0.234 e. The maximum atomic E-state index is 12.0. The maximum Gasteiger partial charge on any atom is 0.234 e. The number of rotatable bonds is 6. The number of aromatic nitrogens is 3. The van der Waals surface area contributed by atoms with Crippen LogP contribution < -0.4 is 5.32 Å². The van der Waals surface area contributed by atoms with Crippen molar-refractivity contribution >= 4 is 23.4 Å². The lowest BCUT2D eigenvalue weighted by Crippen LogP contribution is -2.14. The third-order valence-electron chi connectivity index (χ3n) is 3.73. The van der Waals surface area contributed by atoms with E-state index in [1.54, 1.807) is 24.3 Å². The molecule has 0 bridgehead atoms. The summed E-state index contributed by atoms with van der Waals surface area (Å²) in [5, 5.41) is 19.1. The largest absolute Gasteiger partial charge is 0.325 e. The van der Waals surface area contributed by atoms with Gasteiger partial charge in [-0.05, 0) is 36.2 Å². The summed E-state index contributed by atoms with van der Waals surface area (Å²) >= 11 is 1.26. The van der Waals surface area contributed by atoms with Crippen molar-refractivity contribution in [2.45, 2.75) is 18.5 Å². The van der Waals surface area contributed by atoms with Gasteiger partial charge in [0.1, 0.15) is 0 Å². The fraction of sp³-hybridized carbons (Fsp3) is 0.158.